The van der Waals surface area contributed by atoms with Gasteiger partial charge in [0.25, 0.3) is 5.91 Å². The summed E-state index contributed by atoms with van der Waals surface area (Å²) in [5, 5.41) is 2.50. The molecule has 1 N–H and O–H groups in total. The maximum atomic E-state index is 13.0. The molecule has 1 aliphatic rings. The predicted octanol–water partition coefficient (Wildman–Crippen LogP) is 4.26. The average Bonchev–Trinajstić information content (AvgIpc) is 2.78. The van der Waals surface area contributed by atoms with E-state index >= 15 is 0 Å². The Morgan fingerprint density at radius 2 is 1.97 bits per heavy atom. The van der Waals surface area contributed by atoms with E-state index in [4.69, 9.17) is 9.47 Å². The fourth-order valence-electron chi connectivity index (χ4n) is 3.60. The minimum absolute atomic E-state index is 0. The number of amides is 1. The van der Waals surface area contributed by atoms with Crippen LogP contribution >= 0.6 is 12.4 Å². The number of nitrogens with one attached hydrogen (secondary N) is 1. The number of carbonyl (C=O) groups excluding carboxylic acids is 1. The van der Waals surface area contributed by atoms with Crippen LogP contribution in [0.1, 0.15) is 29.7 Å². The van der Waals surface area contributed by atoms with Gasteiger partial charge < -0.3 is 14.8 Å². The minimum Gasteiger partial charge on any atom is -0.484 e. The molecule has 32 heavy (non-hydrogen) atoms. The van der Waals surface area contributed by atoms with Gasteiger partial charge in [0.15, 0.2) is 6.61 Å². The van der Waals surface area contributed by atoms with Gasteiger partial charge in [-0.05, 0) is 48.7 Å². The number of ether oxygens (including phenoxy) is 2. The summed E-state index contributed by atoms with van der Waals surface area (Å²) in [6.07, 6.45) is -3.97. The summed E-state index contributed by atoms with van der Waals surface area (Å²) in [6.45, 7) is 3.80. The van der Waals surface area contributed by atoms with Crippen LogP contribution in [0.15, 0.2) is 48.5 Å². The molecule has 0 bridgehead atoms. The summed E-state index contributed by atoms with van der Waals surface area (Å²) < 4.78 is 50.3. The predicted molar refractivity (Wildman–Crippen MR) is 118 cm³/mol. The topological polar surface area (TPSA) is 50.8 Å². The number of hydrogen-bond acceptors (Lipinski definition) is 4. The number of hydrogen-bond donors (Lipinski definition) is 1. The Hall–Kier alpha value is -2.29. The van der Waals surface area contributed by atoms with E-state index in [-0.39, 0.29) is 37.1 Å². The number of alkyl halides is 3. The molecule has 1 amide bonds. The Labute approximate surface area is 192 Å². The molecule has 2 aromatic rings. The third kappa shape index (κ3) is 7.12. The van der Waals surface area contributed by atoms with Gasteiger partial charge >= 0.3 is 6.18 Å². The number of benzene rings is 2. The van der Waals surface area contributed by atoms with Gasteiger partial charge in [-0.25, -0.2) is 0 Å². The lowest BCUT2D eigenvalue weighted by molar-refractivity contribution is -0.137. The van der Waals surface area contributed by atoms with Crippen LogP contribution in [0.4, 0.5) is 13.2 Å². The Morgan fingerprint density at radius 1 is 1.25 bits per heavy atom. The molecule has 1 aliphatic heterocycles. The maximum Gasteiger partial charge on any atom is 0.416 e. The molecular formula is C23H28ClF3N2O3. The first kappa shape index (κ1) is 26.0. The van der Waals surface area contributed by atoms with Crippen molar-refractivity contribution in [3.8, 4) is 5.75 Å². The second-order valence-corrected chi connectivity index (χ2v) is 7.64. The lowest BCUT2D eigenvalue weighted by Gasteiger charge is -2.37. The van der Waals surface area contributed by atoms with Crippen molar-refractivity contribution in [1.29, 1.82) is 0 Å². The van der Waals surface area contributed by atoms with Crippen molar-refractivity contribution in [1.82, 2.24) is 10.2 Å². The molecule has 2 aromatic carbocycles. The molecule has 0 aromatic heterocycles. The van der Waals surface area contributed by atoms with E-state index < -0.39 is 11.7 Å². The van der Waals surface area contributed by atoms with Crippen molar-refractivity contribution in [2.75, 3.05) is 33.4 Å². The van der Waals surface area contributed by atoms with Crippen LogP contribution in [0.25, 0.3) is 0 Å². The molecule has 1 saturated heterocycles. The van der Waals surface area contributed by atoms with Crippen LogP contribution in [0.3, 0.4) is 0 Å². The van der Waals surface area contributed by atoms with Gasteiger partial charge in [-0.2, -0.15) is 13.2 Å². The van der Waals surface area contributed by atoms with Crippen molar-refractivity contribution in [2.24, 2.45) is 0 Å². The third-order valence-corrected chi connectivity index (χ3v) is 5.41. The van der Waals surface area contributed by atoms with E-state index in [0.29, 0.717) is 24.5 Å². The third-order valence-electron chi connectivity index (χ3n) is 5.41. The van der Waals surface area contributed by atoms with Crippen molar-refractivity contribution in [3.05, 3.63) is 65.2 Å². The van der Waals surface area contributed by atoms with Gasteiger partial charge in [0.2, 0.25) is 0 Å². The van der Waals surface area contributed by atoms with E-state index in [9.17, 15) is 18.0 Å². The molecule has 0 saturated carbocycles. The number of morpholine rings is 1. The zero-order valence-corrected chi connectivity index (χ0v) is 18.8. The number of likely N-dealkylation sites (N-methyl/N-ethyl adjacent to an activating group) is 1. The number of halogens is 4. The van der Waals surface area contributed by atoms with Gasteiger partial charge in [0.1, 0.15) is 5.75 Å². The van der Waals surface area contributed by atoms with Crippen LogP contribution in [0.2, 0.25) is 0 Å². The molecule has 0 aliphatic carbocycles. The Kier molecular flexibility index (Phi) is 9.36. The first-order chi connectivity index (χ1) is 14.8. The molecule has 2 atom stereocenters. The van der Waals surface area contributed by atoms with Gasteiger partial charge in [0, 0.05) is 26.2 Å². The lowest BCUT2D eigenvalue weighted by Crippen LogP contribution is -2.44. The second kappa shape index (κ2) is 11.5. The summed E-state index contributed by atoms with van der Waals surface area (Å²) in [7, 11) is 1.55. The maximum absolute atomic E-state index is 13.0. The van der Waals surface area contributed by atoms with E-state index in [1.54, 1.807) is 13.1 Å². The molecule has 2 unspecified atom stereocenters. The van der Waals surface area contributed by atoms with Crippen LogP contribution in [-0.4, -0.2) is 50.2 Å². The highest BCUT2D eigenvalue weighted by Crippen LogP contribution is 2.32. The van der Waals surface area contributed by atoms with Gasteiger partial charge in [-0.1, -0.05) is 24.3 Å². The van der Waals surface area contributed by atoms with Crippen LogP contribution in [0.5, 0.6) is 5.75 Å². The van der Waals surface area contributed by atoms with Gasteiger partial charge in [-0.15, -0.1) is 12.4 Å². The second-order valence-electron chi connectivity index (χ2n) is 7.64. The van der Waals surface area contributed by atoms with Crippen LogP contribution in [-0.2, 0) is 22.1 Å². The largest absolute Gasteiger partial charge is 0.484 e. The zero-order chi connectivity index (χ0) is 22.4. The molecule has 0 spiro atoms. The molecule has 0 radical (unpaired) electrons. The highest BCUT2D eigenvalue weighted by molar-refractivity contribution is 5.85. The molecule has 1 heterocycles. The van der Waals surface area contributed by atoms with Gasteiger partial charge in [0.05, 0.1) is 18.3 Å². The highest BCUT2D eigenvalue weighted by atomic mass is 35.5. The number of carbonyl (C=O) groups is 1. The van der Waals surface area contributed by atoms with E-state index in [2.05, 4.69) is 17.1 Å². The quantitative estimate of drug-likeness (QED) is 0.654. The molecule has 9 heteroatoms. The van der Waals surface area contributed by atoms with Crippen molar-refractivity contribution in [3.63, 3.8) is 0 Å². The van der Waals surface area contributed by atoms with E-state index in [0.717, 1.165) is 24.6 Å². The summed E-state index contributed by atoms with van der Waals surface area (Å²) in [5.74, 6) is 0.427. The zero-order valence-electron chi connectivity index (χ0n) is 18.0. The Bertz CT molecular complexity index is 878. The normalized spacial score (nSPS) is 17.8. The van der Waals surface area contributed by atoms with Gasteiger partial charge in [-0.3, -0.25) is 9.69 Å². The van der Waals surface area contributed by atoms with Crippen LogP contribution in [0, 0.1) is 0 Å². The van der Waals surface area contributed by atoms with Crippen molar-refractivity contribution >= 4 is 18.3 Å². The molecular weight excluding hydrogens is 445 g/mol. The van der Waals surface area contributed by atoms with Crippen LogP contribution < -0.4 is 10.1 Å². The summed E-state index contributed by atoms with van der Waals surface area (Å²) >= 11 is 0. The first-order valence-corrected chi connectivity index (χ1v) is 10.2. The Morgan fingerprint density at radius 3 is 2.62 bits per heavy atom. The summed E-state index contributed by atoms with van der Waals surface area (Å²) in [5.41, 5.74) is 1.00. The standard InChI is InChI=1S/C23H27F3N2O3.ClH/c1-16(12-17-6-8-20(9-7-17)31-15-22(29)27-2)28-10-11-30-21(14-28)18-4-3-5-19(13-18)23(24,25)26;/h3-9,13,16,21H,10-12,14-15H2,1-2H3,(H,27,29);1H. The fraction of sp³-hybridized carbons (Fsp3) is 0.435. The smallest absolute Gasteiger partial charge is 0.416 e. The fourth-order valence-corrected chi connectivity index (χ4v) is 3.60. The highest BCUT2D eigenvalue weighted by Gasteiger charge is 2.32. The van der Waals surface area contributed by atoms with E-state index in [1.165, 1.54) is 12.1 Å². The molecule has 176 valence electrons. The average molecular weight is 473 g/mol. The number of rotatable bonds is 7. The Balaban J connectivity index is 0.00000363. The first-order valence-electron chi connectivity index (χ1n) is 10.2. The summed E-state index contributed by atoms with van der Waals surface area (Å²) in [6, 6.07) is 13.1. The van der Waals surface area contributed by atoms with Crippen molar-refractivity contribution in [2.45, 2.75) is 31.7 Å². The summed E-state index contributed by atoms with van der Waals surface area (Å²) in [4.78, 5) is 13.5. The minimum atomic E-state index is -4.37. The lowest BCUT2D eigenvalue weighted by atomic mass is 10.0. The van der Waals surface area contributed by atoms with Crippen molar-refractivity contribution < 1.29 is 27.4 Å². The molecule has 3 rings (SSSR count). The van der Waals surface area contributed by atoms with E-state index in [1.807, 2.05) is 24.3 Å². The monoisotopic (exact) mass is 472 g/mol. The molecule has 1 fully saturated rings. The number of nitrogens with zero attached hydrogens (tertiary/aromatic N) is 1. The SMILES string of the molecule is CNC(=O)COc1ccc(CC(C)N2CCOC(c3cccc(C(F)(F)F)c3)C2)cc1.Cl. The molecule has 5 nitrogen and oxygen atoms in total.